The summed E-state index contributed by atoms with van der Waals surface area (Å²) >= 11 is 5.85. The lowest BCUT2D eigenvalue weighted by Crippen LogP contribution is -2.18. The molecule has 3 N–H and O–H groups in total. The standard InChI is InChI=1S/C20H15ClF3N7O2/c1-2-30-9-14(17(29-30)18(25)32)27-19(33)13-8-16-26-12(10-3-5-11(21)6-4-10)7-15(20(22,23)24)31(16)28-13/h3-9H,2H2,1H3,(H2,25,32)(H,27,33). The SMILES string of the molecule is CCn1cc(NC(=O)c2cc3nc(-c4ccc(Cl)cc4)cc(C(F)(F)F)n3n2)c(C(N)=O)n1. The first kappa shape index (κ1) is 22.3. The number of hydrogen-bond acceptors (Lipinski definition) is 5. The fourth-order valence-corrected chi connectivity index (χ4v) is 3.23. The van der Waals surface area contributed by atoms with Crippen LogP contribution in [0.3, 0.4) is 0 Å². The Hall–Kier alpha value is -3.93. The van der Waals surface area contributed by atoms with E-state index in [-0.39, 0.29) is 28.4 Å². The van der Waals surface area contributed by atoms with E-state index in [4.69, 9.17) is 17.3 Å². The lowest BCUT2D eigenvalue weighted by Gasteiger charge is -2.11. The van der Waals surface area contributed by atoms with E-state index in [2.05, 4.69) is 20.5 Å². The van der Waals surface area contributed by atoms with Gasteiger partial charge in [0.1, 0.15) is 0 Å². The van der Waals surface area contributed by atoms with Crippen molar-refractivity contribution in [3.8, 4) is 11.3 Å². The maximum absolute atomic E-state index is 13.7. The zero-order valence-corrected chi connectivity index (χ0v) is 17.6. The Balaban J connectivity index is 1.77. The first-order chi connectivity index (χ1) is 15.6. The van der Waals surface area contributed by atoms with Crippen molar-refractivity contribution in [1.29, 1.82) is 0 Å². The molecule has 0 saturated carbocycles. The van der Waals surface area contributed by atoms with Crippen molar-refractivity contribution in [2.24, 2.45) is 5.73 Å². The van der Waals surface area contributed by atoms with Gasteiger partial charge in [-0.05, 0) is 25.1 Å². The van der Waals surface area contributed by atoms with Crippen LogP contribution < -0.4 is 11.1 Å². The molecule has 4 aromatic rings. The molecule has 0 aliphatic carbocycles. The smallest absolute Gasteiger partial charge is 0.364 e. The molecule has 0 fully saturated rings. The average Bonchev–Trinajstić information content (AvgIpc) is 3.36. The van der Waals surface area contributed by atoms with E-state index in [1.54, 1.807) is 6.92 Å². The molecule has 2 amide bonds. The largest absolute Gasteiger partial charge is 0.433 e. The summed E-state index contributed by atoms with van der Waals surface area (Å²) in [5.41, 5.74) is 3.87. The fourth-order valence-electron chi connectivity index (χ4n) is 3.10. The van der Waals surface area contributed by atoms with Gasteiger partial charge in [0.2, 0.25) is 0 Å². The van der Waals surface area contributed by atoms with Crippen molar-refractivity contribution in [3.05, 3.63) is 64.7 Å². The van der Waals surface area contributed by atoms with E-state index < -0.39 is 23.7 Å². The minimum atomic E-state index is -4.77. The lowest BCUT2D eigenvalue weighted by molar-refractivity contribution is -0.142. The number of alkyl halides is 3. The van der Waals surface area contributed by atoms with Crippen LogP contribution in [0.1, 0.15) is 33.6 Å². The van der Waals surface area contributed by atoms with Crippen LogP contribution in [0.25, 0.3) is 16.9 Å². The van der Waals surface area contributed by atoms with E-state index in [0.29, 0.717) is 21.6 Å². The predicted octanol–water partition coefficient (Wildman–Crippen LogP) is 3.64. The summed E-state index contributed by atoms with van der Waals surface area (Å²) in [6, 6.07) is 8.06. The Morgan fingerprint density at radius 1 is 1.15 bits per heavy atom. The number of carbonyl (C=O) groups is 2. The highest BCUT2D eigenvalue weighted by Crippen LogP contribution is 2.32. The van der Waals surface area contributed by atoms with Crippen LogP contribution in [0.4, 0.5) is 18.9 Å². The number of rotatable bonds is 5. The highest BCUT2D eigenvalue weighted by molar-refractivity contribution is 6.30. The number of nitrogens with zero attached hydrogens (tertiary/aromatic N) is 5. The Morgan fingerprint density at radius 2 is 1.85 bits per heavy atom. The third kappa shape index (κ3) is 4.37. The van der Waals surface area contributed by atoms with Crippen molar-refractivity contribution in [1.82, 2.24) is 24.4 Å². The Kier molecular flexibility index (Phi) is 5.54. The molecule has 0 bridgehead atoms. The first-order valence-electron chi connectivity index (χ1n) is 9.49. The summed E-state index contributed by atoms with van der Waals surface area (Å²) in [6.07, 6.45) is -3.39. The van der Waals surface area contributed by atoms with Gasteiger partial charge in [0.05, 0.1) is 11.4 Å². The molecule has 0 aliphatic heterocycles. The van der Waals surface area contributed by atoms with Gasteiger partial charge in [0, 0.05) is 29.4 Å². The van der Waals surface area contributed by atoms with Gasteiger partial charge in [-0.1, -0.05) is 23.7 Å². The summed E-state index contributed by atoms with van der Waals surface area (Å²) in [4.78, 5) is 28.5. The fraction of sp³-hybridized carbons (Fsp3) is 0.150. The molecule has 4 rings (SSSR count). The van der Waals surface area contributed by atoms with E-state index in [0.717, 1.165) is 12.1 Å². The molecule has 3 heterocycles. The van der Waals surface area contributed by atoms with Gasteiger partial charge in [-0.15, -0.1) is 0 Å². The van der Waals surface area contributed by atoms with Gasteiger partial charge >= 0.3 is 6.18 Å². The normalized spacial score (nSPS) is 11.7. The van der Waals surface area contributed by atoms with Gasteiger partial charge in [0.25, 0.3) is 11.8 Å². The number of fused-ring (bicyclic) bond motifs is 1. The van der Waals surface area contributed by atoms with Crippen LogP contribution >= 0.6 is 11.6 Å². The number of nitrogens with two attached hydrogens (primary N) is 1. The third-order valence-corrected chi connectivity index (χ3v) is 4.91. The summed E-state index contributed by atoms with van der Waals surface area (Å²) < 4.78 is 43.2. The topological polar surface area (TPSA) is 120 Å². The molecular weight excluding hydrogens is 463 g/mol. The highest BCUT2D eigenvalue weighted by atomic mass is 35.5. The number of nitrogens with one attached hydrogen (secondary N) is 1. The van der Waals surface area contributed by atoms with Crippen LogP contribution in [0.2, 0.25) is 5.02 Å². The van der Waals surface area contributed by atoms with Gasteiger partial charge in [-0.3, -0.25) is 14.3 Å². The number of anilines is 1. The Bertz CT molecular complexity index is 1380. The zero-order chi connectivity index (χ0) is 23.9. The van der Waals surface area contributed by atoms with Crippen LogP contribution in [-0.2, 0) is 12.7 Å². The van der Waals surface area contributed by atoms with Gasteiger partial charge in [0.15, 0.2) is 22.7 Å². The molecule has 0 saturated heterocycles. The monoisotopic (exact) mass is 477 g/mol. The van der Waals surface area contributed by atoms with E-state index in [1.165, 1.54) is 35.1 Å². The summed E-state index contributed by atoms with van der Waals surface area (Å²) in [5, 5.41) is 10.6. The molecule has 0 spiro atoms. The quantitative estimate of drug-likeness (QED) is 0.454. The van der Waals surface area contributed by atoms with Crippen LogP contribution in [0.5, 0.6) is 0 Å². The number of amides is 2. The Morgan fingerprint density at radius 3 is 2.45 bits per heavy atom. The second-order valence-electron chi connectivity index (χ2n) is 6.90. The summed E-state index contributed by atoms with van der Waals surface area (Å²) in [5.74, 6) is -1.74. The number of primary amides is 1. The third-order valence-electron chi connectivity index (χ3n) is 4.66. The van der Waals surface area contributed by atoms with Gasteiger partial charge < -0.3 is 11.1 Å². The highest BCUT2D eigenvalue weighted by Gasteiger charge is 2.35. The van der Waals surface area contributed by atoms with Crippen molar-refractivity contribution in [2.75, 3.05) is 5.32 Å². The maximum atomic E-state index is 13.7. The molecule has 0 atom stereocenters. The minimum Gasteiger partial charge on any atom is -0.364 e. The number of halogens is 4. The second-order valence-corrected chi connectivity index (χ2v) is 7.33. The molecule has 0 aliphatic rings. The van der Waals surface area contributed by atoms with Crippen LogP contribution in [0, 0.1) is 0 Å². The molecule has 0 radical (unpaired) electrons. The lowest BCUT2D eigenvalue weighted by atomic mass is 10.1. The van der Waals surface area contributed by atoms with E-state index in [1.807, 2.05) is 0 Å². The molecule has 3 aromatic heterocycles. The van der Waals surface area contributed by atoms with E-state index in [9.17, 15) is 22.8 Å². The summed E-state index contributed by atoms with van der Waals surface area (Å²) in [6.45, 7) is 2.16. The number of hydrogen-bond donors (Lipinski definition) is 2. The van der Waals surface area contributed by atoms with E-state index >= 15 is 0 Å². The molecule has 0 unspecified atom stereocenters. The van der Waals surface area contributed by atoms with Crippen molar-refractivity contribution >= 4 is 34.7 Å². The minimum absolute atomic E-state index is 0.0114. The second kappa shape index (κ2) is 8.20. The Labute approximate surface area is 189 Å². The number of aryl methyl sites for hydroxylation is 1. The number of aromatic nitrogens is 5. The molecule has 1 aromatic carbocycles. The average molecular weight is 478 g/mol. The number of carbonyl (C=O) groups excluding carboxylic acids is 2. The summed E-state index contributed by atoms with van der Waals surface area (Å²) in [7, 11) is 0. The van der Waals surface area contributed by atoms with Crippen LogP contribution in [0.15, 0.2) is 42.6 Å². The van der Waals surface area contributed by atoms with Crippen LogP contribution in [-0.4, -0.2) is 36.2 Å². The molecule has 13 heteroatoms. The molecule has 170 valence electrons. The first-order valence-corrected chi connectivity index (χ1v) is 9.87. The zero-order valence-electron chi connectivity index (χ0n) is 16.9. The van der Waals surface area contributed by atoms with Gasteiger partial charge in [-0.2, -0.15) is 23.4 Å². The van der Waals surface area contributed by atoms with Crippen molar-refractivity contribution in [3.63, 3.8) is 0 Å². The van der Waals surface area contributed by atoms with Crippen molar-refractivity contribution in [2.45, 2.75) is 19.6 Å². The number of benzene rings is 1. The van der Waals surface area contributed by atoms with Gasteiger partial charge in [-0.25, -0.2) is 9.50 Å². The predicted molar refractivity (Wildman–Crippen MR) is 113 cm³/mol. The maximum Gasteiger partial charge on any atom is 0.433 e. The van der Waals surface area contributed by atoms with Crippen molar-refractivity contribution < 1.29 is 22.8 Å². The molecular formula is C20H15ClF3N7O2. The molecule has 9 nitrogen and oxygen atoms in total. The molecule has 33 heavy (non-hydrogen) atoms.